The minimum Gasteiger partial charge on any atom is -0.494 e. The summed E-state index contributed by atoms with van der Waals surface area (Å²) in [5.74, 6) is -0.0375. The van der Waals surface area contributed by atoms with Gasteiger partial charge >= 0.3 is 0 Å². The average molecular weight is 319 g/mol. The van der Waals surface area contributed by atoms with Crippen LogP contribution >= 0.6 is 0 Å². The van der Waals surface area contributed by atoms with Crippen LogP contribution in [0.25, 0.3) is 0 Å². The summed E-state index contributed by atoms with van der Waals surface area (Å²) in [6.45, 7) is 5.81. The molecule has 1 atom stereocenters. The van der Waals surface area contributed by atoms with Gasteiger partial charge in [-0.3, -0.25) is 9.58 Å². The summed E-state index contributed by atoms with van der Waals surface area (Å²) in [6.07, 6.45) is 3.97. The Hall–Kier alpha value is -1.92. The lowest BCUT2D eigenvalue weighted by Gasteiger charge is -2.33. The first-order valence-corrected chi connectivity index (χ1v) is 7.79. The topological polar surface area (TPSA) is 39.5 Å². The first-order valence-electron chi connectivity index (χ1n) is 7.79. The number of nitrogens with zero attached hydrogens (tertiary/aromatic N) is 3. The summed E-state index contributed by atoms with van der Waals surface area (Å²) in [5.41, 5.74) is 2.09. The molecular formula is C17H22FN3O2. The lowest BCUT2D eigenvalue weighted by molar-refractivity contribution is -0.0402. The highest BCUT2D eigenvalue weighted by Gasteiger charge is 2.21. The summed E-state index contributed by atoms with van der Waals surface area (Å²) in [4.78, 5) is 2.28. The molecule has 0 bridgehead atoms. The first kappa shape index (κ1) is 16.0. The molecule has 0 radical (unpaired) electrons. The molecule has 2 aromatic rings. The highest BCUT2D eigenvalue weighted by molar-refractivity contribution is 5.29. The van der Waals surface area contributed by atoms with E-state index >= 15 is 0 Å². The summed E-state index contributed by atoms with van der Waals surface area (Å²) >= 11 is 0. The Bertz CT molecular complexity index is 659. The number of ether oxygens (including phenoxy) is 2. The fourth-order valence-corrected chi connectivity index (χ4v) is 2.88. The number of methoxy groups -OCH3 is 1. The minimum atomic E-state index is -0.318. The smallest absolute Gasteiger partial charge is 0.165 e. The SMILES string of the molecule is COc1ccc(CN2CCO[C@@H](Cn3cc(C)cn3)C2)cc1F. The van der Waals surface area contributed by atoms with Gasteiger partial charge in [-0.25, -0.2) is 4.39 Å². The molecule has 0 amide bonds. The number of rotatable bonds is 5. The zero-order chi connectivity index (χ0) is 16.2. The molecule has 6 heteroatoms. The van der Waals surface area contributed by atoms with E-state index in [0.717, 1.165) is 30.8 Å². The van der Waals surface area contributed by atoms with Crippen molar-refractivity contribution in [2.24, 2.45) is 0 Å². The zero-order valence-corrected chi connectivity index (χ0v) is 13.5. The van der Waals surface area contributed by atoms with Crippen molar-refractivity contribution in [3.8, 4) is 5.75 Å². The fraction of sp³-hybridized carbons (Fsp3) is 0.471. The molecule has 23 heavy (non-hydrogen) atoms. The number of benzene rings is 1. The standard InChI is InChI=1S/C17H22FN3O2/c1-13-8-19-21(9-13)12-15-11-20(5-6-23-15)10-14-3-4-17(22-2)16(18)7-14/h3-4,7-9,15H,5-6,10-12H2,1-2H3/t15-/m1/s1. The van der Waals surface area contributed by atoms with Crippen molar-refractivity contribution in [1.82, 2.24) is 14.7 Å². The summed E-state index contributed by atoms with van der Waals surface area (Å²) in [7, 11) is 1.47. The molecule has 0 unspecified atom stereocenters. The third-order valence-corrected chi connectivity index (χ3v) is 4.00. The molecule has 1 aromatic carbocycles. The maximum atomic E-state index is 13.8. The summed E-state index contributed by atoms with van der Waals surface area (Å²) in [6, 6.07) is 5.12. The van der Waals surface area contributed by atoms with Gasteiger partial charge in [0.05, 0.1) is 32.6 Å². The van der Waals surface area contributed by atoms with Crippen LogP contribution in [-0.4, -0.2) is 47.6 Å². The molecule has 5 nitrogen and oxygen atoms in total. The second-order valence-electron chi connectivity index (χ2n) is 5.94. The number of aromatic nitrogens is 2. The van der Waals surface area contributed by atoms with Gasteiger partial charge in [0.2, 0.25) is 0 Å². The van der Waals surface area contributed by atoms with Crippen molar-refractivity contribution in [2.45, 2.75) is 26.1 Å². The van der Waals surface area contributed by atoms with Gasteiger partial charge in [0, 0.05) is 25.8 Å². The van der Waals surface area contributed by atoms with Gasteiger partial charge in [-0.15, -0.1) is 0 Å². The van der Waals surface area contributed by atoms with Crippen LogP contribution in [0.5, 0.6) is 5.75 Å². The monoisotopic (exact) mass is 319 g/mol. The van der Waals surface area contributed by atoms with Crippen molar-refractivity contribution in [2.75, 3.05) is 26.8 Å². The van der Waals surface area contributed by atoms with Crippen LogP contribution in [0.15, 0.2) is 30.6 Å². The molecule has 0 saturated carbocycles. The molecule has 0 N–H and O–H groups in total. The molecule has 0 spiro atoms. The molecule has 124 valence electrons. The van der Waals surface area contributed by atoms with E-state index in [1.165, 1.54) is 7.11 Å². The van der Waals surface area contributed by atoms with Gasteiger partial charge in [0.15, 0.2) is 11.6 Å². The zero-order valence-electron chi connectivity index (χ0n) is 13.5. The third-order valence-electron chi connectivity index (χ3n) is 4.00. The number of halogens is 1. The largest absolute Gasteiger partial charge is 0.494 e. The Morgan fingerprint density at radius 2 is 2.30 bits per heavy atom. The Labute approximate surface area is 135 Å². The van der Waals surface area contributed by atoms with E-state index in [2.05, 4.69) is 10.00 Å². The number of aryl methyl sites for hydroxylation is 1. The van der Waals surface area contributed by atoms with E-state index in [9.17, 15) is 4.39 Å². The van der Waals surface area contributed by atoms with E-state index in [-0.39, 0.29) is 17.7 Å². The van der Waals surface area contributed by atoms with Crippen LogP contribution in [0.2, 0.25) is 0 Å². The predicted octanol–water partition coefficient (Wildman–Crippen LogP) is 2.24. The molecule has 1 aliphatic heterocycles. The molecule has 1 aromatic heterocycles. The van der Waals surface area contributed by atoms with E-state index in [1.807, 2.05) is 30.1 Å². The highest BCUT2D eigenvalue weighted by atomic mass is 19.1. The van der Waals surface area contributed by atoms with Crippen molar-refractivity contribution < 1.29 is 13.9 Å². The normalized spacial score (nSPS) is 19.0. The molecule has 2 heterocycles. The van der Waals surface area contributed by atoms with Crippen molar-refractivity contribution in [1.29, 1.82) is 0 Å². The quantitative estimate of drug-likeness (QED) is 0.847. The van der Waals surface area contributed by atoms with Crippen molar-refractivity contribution in [3.63, 3.8) is 0 Å². The third kappa shape index (κ3) is 4.09. The molecule has 1 saturated heterocycles. The Kier molecular flexibility index (Phi) is 4.93. The molecular weight excluding hydrogens is 297 g/mol. The van der Waals surface area contributed by atoms with Gasteiger partial charge < -0.3 is 9.47 Å². The molecule has 1 aliphatic rings. The maximum Gasteiger partial charge on any atom is 0.165 e. The van der Waals surface area contributed by atoms with Crippen LogP contribution in [0, 0.1) is 12.7 Å². The first-order chi connectivity index (χ1) is 11.1. The maximum absolute atomic E-state index is 13.8. The van der Waals surface area contributed by atoms with E-state index in [1.54, 1.807) is 12.1 Å². The van der Waals surface area contributed by atoms with Crippen LogP contribution in [-0.2, 0) is 17.8 Å². The average Bonchev–Trinajstić information content (AvgIpc) is 2.93. The number of hydrogen-bond acceptors (Lipinski definition) is 4. The highest BCUT2D eigenvalue weighted by Crippen LogP contribution is 2.19. The predicted molar refractivity (Wildman–Crippen MR) is 84.9 cm³/mol. The van der Waals surface area contributed by atoms with Crippen molar-refractivity contribution >= 4 is 0 Å². The van der Waals surface area contributed by atoms with Crippen LogP contribution in [0.1, 0.15) is 11.1 Å². The van der Waals surface area contributed by atoms with E-state index < -0.39 is 0 Å². The molecule has 3 rings (SSSR count). The van der Waals surface area contributed by atoms with Gasteiger partial charge in [0.25, 0.3) is 0 Å². The lowest BCUT2D eigenvalue weighted by Crippen LogP contribution is -2.43. The summed E-state index contributed by atoms with van der Waals surface area (Å²) < 4.78 is 26.5. The fourth-order valence-electron chi connectivity index (χ4n) is 2.88. The second-order valence-corrected chi connectivity index (χ2v) is 5.94. The van der Waals surface area contributed by atoms with Gasteiger partial charge in [-0.05, 0) is 30.2 Å². The van der Waals surface area contributed by atoms with Gasteiger partial charge in [-0.1, -0.05) is 6.07 Å². The number of morpholine rings is 1. The van der Waals surface area contributed by atoms with E-state index in [4.69, 9.17) is 9.47 Å². The van der Waals surface area contributed by atoms with E-state index in [0.29, 0.717) is 13.2 Å². The van der Waals surface area contributed by atoms with Crippen molar-refractivity contribution in [3.05, 3.63) is 47.5 Å². The Morgan fingerprint density at radius 1 is 1.43 bits per heavy atom. The minimum absolute atomic E-state index is 0.103. The second kappa shape index (κ2) is 7.10. The lowest BCUT2D eigenvalue weighted by atomic mass is 10.1. The van der Waals surface area contributed by atoms with Gasteiger partial charge in [-0.2, -0.15) is 5.10 Å². The number of hydrogen-bond donors (Lipinski definition) is 0. The Morgan fingerprint density at radius 3 is 3.00 bits per heavy atom. The van der Waals surface area contributed by atoms with Crippen LogP contribution < -0.4 is 4.74 Å². The summed E-state index contributed by atoms with van der Waals surface area (Å²) in [5, 5.41) is 4.30. The van der Waals surface area contributed by atoms with Gasteiger partial charge in [0.1, 0.15) is 0 Å². The Balaban J connectivity index is 1.59. The molecule has 0 aliphatic carbocycles. The molecule has 1 fully saturated rings. The van der Waals surface area contributed by atoms with Crippen LogP contribution in [0.3, 0.4) is 0 Å². The van der Waals surface area contributed by atoms with Crippen LogP contribution in [0.4, 0.5) is 4.39 Å².